The Kier molecular flexibility index (Phi) is 6.83. The lowest BCUT2D eigenvalue weighted by Gasteiger charge is -2.28. The van der Waals surface area contributed by atoms with E-state index < -0.39 is 11.4 Å². The highest BCUT2D eigenvalue weighted by molar-refractivity contribution is 6.33. The molecule has 2 fully saturated rings. The molecule has 1 amide bonds. The van der Waals surface area contributed by atoms with Gasteiger partial charge in [-0.3, -0.25) is 14.3 Å². The van der Waals surface area contributed by atoms with E-state index in [0.717, 1.165) is 30.3 Å². The Bertz CT molecular complexity index is 1380. The molecule has 3 aromatic rings. The van der Waals surface area contributed by atoms with Crippen LogP contribution in [0.25, 0.3) is 22.0 Å². The minimum atomic E-state index is -1.12. The van der Waals surface area contributed by atoms with Gasteiger partial charge in [0.05, 0.1) is 5.02 Å². The van der Waals surface area contributed by atoms with Gasteiger partial charge in [0.15, 0.2) is 11.6 Å². The van der Waals surface area contributed by atoms with E-state index in [0.29, 0.717) is 53.2 Å². The average Bonchev–Trinajstić information content (AvgIpc) is 3.51. The number of carbonyl (C=O) groups is 2. The van der Waals surface area contributed by atoms with Gasteiger partial charge >= 0.3 is 0 Å². The van der Waals surface area contributed by atoms with Crippen molar-refractivity contribution in [1.29, 1.82) is 0 Å². The Morgan fingerprint density at radius 2 is 2.03 bits per heavy atom. The second-order valence-corrected chi connectivity index (χ2v) is 11.4. The van der Waals surface area contributed by atoms with Crippen LogP contribution >= 0.6 is 11.6 Å². The van der Waals surface area contributed by atoms with Crippen molar-refractivity contribution in [3.05, 3.63) is 40.9 Å². The standard InChI is InChI=1S/C28H32ClFN4O3/c1-15(2)26-20-11-18(12-22(30)25(20)33-34(26)3)19-13-24(31-14-21(19)29)32-27(36)17-6-4-5-16(9-17)10-23(35)28(37)7-8-28/h11-17,37H,4-10H2,1-3H3,(H,31,32,36)/t16-,17+/m1/s1. The number of amides is 1. The van der Waals surface area contributed by atoms with Crippen molar-refractivity contribution in [3.8, 4) is 11.1 Å². The molecule has 2 saturated carbocycles. The van der Waals surface area contributed by atoms with Crippen molar-refractivity contribution in [1.82, 2.24) is 14.8 Å². The molecule has 0 radical (unpaired) electrons. The number of nitrogens with one attached hydrogen (secondary N) is 1. The van der Waals surface area contributed by atoms with Crippen molar-refractivity contribution in [2.45, 2.75) is 70.3 Å². The van der Waals surface area contributed by atoms with Crippen LogP contribution < -0.4 is 5.32 Å². The highest BCUT2D eigenvalue weighted by Crippen LogP contribution is 2.41. The molecule has 5 rings (SSSR count). The Hall–Kier alpha value is -2.84. The number of anilines is 1. The third kappa shape index (κ3) is 5.14. The van der Waals surface area contributed by atoms with Gasteiger partial charge in [-0.25, -0.2) is 9.37 Å². The molecule has 2 heterocycles. The molecule has 7 nitrogen and oxygen atoms in total. The number of hydrogen-bond acceptors (Lipinski definition) is 5. The summed E-state index contributed by atoms with van der Waals surface area (Å²) in [4.78, 5) is 29.7. The van der Waals surface area contributed by atoms with Crippen LogP contribution in [0, 0.1) is 17.7 Å². The van der Waals surface area contributed by atoms with Gasteiger partial charge in [-0.05, 0) is 67.7 Å². The van der Waals surface area contributed by atoms with Crippen LogP contribution in [0.3, 0.4) is 0 Å². The average molecular weight is 527 g/mol. The molecule has 1 aromatic carbocycles. The molecule has 2 aliphatic carbocycles. The number of nitrogens with zero attached hydrogens (tertiary/aromatic N) is 3. The van der Waals surface area contributed by atoms with Crippen LogP contribution in [0.15, 0.2) is 24.4 Å². The predicted octanol–water partition coefficient (Wildman–Crippen LogP) is 5.78. The molecule has 37 heavy (non-hydrogen) atoms. The number of fused-ring (bicyclic) bond motifs is 1. The summed E-state index contributed by atoms with van der Waals surface area (Å²) in [7, 11) is 1.81. The molecule has 0 unspecified atom stereocenters. The summed E-state index contributed by atoms with van der Waals surface area (Å²) >= 11 is 6.47. The van der Waals surface area contributed by atoms with Crippen LogP contribution in [0.2, 0.25) is 5.02 Å². The van der Waals surface area contributed by atoms with E-state index >= 15 is 4.39 Å². The van der Waals surface area contributed by atoms with Gasteiger partial charge in [0, 0.05) is 42.2 Å². The van der Waals surface area contributed by atoms with Crippen molar-refractivity contribution >= 4 is 40.0 Å². The maximum absolute atomic E-state index is 15.0. The van der Waals surface area contributed by atoms with E-state index in [1.54, 1.807) is 17.8 Å². The first kappa shape index (κ1) is 25.8. The summed E-state index contributed by atoms with van der Waals surface area (Å²) in [6, 6.07) is 4.95. The molecule has 2 N–H and O–H groups in total. The molecule has 9 heteroatoms. The number of rotatable bonds is 7. The summed E-state index contributed by atoms with van der Waals surface area (Å²) in [5.74, 6) is -0.342. The minimum absolute atomic E-state index is 0.0963. The summed E-state index contributed by atoms with van der Waals surface area (Å²) < 4.78 is 16.7. The maximum Gasteiger partial charge on any atom is 0.228 e. The van der Waals surface area contributed by atoms with Gasteiger partial charge in [0.2, 0.25) is 5.91 Å². The van der Waals surface area contributed by atoms with Crippen molar-refractivity contribution in [2.75, 3.05) is 5.32 Å². The first-order valence-corrected chi connectivity index (χ1v) is 13.3. The molecular weight excluding hydrogens is 495 g/mol. The second kappa shape index (κ2) is 9.80. The third-order valence-electron chi connectivity index (χ3n) is 7.77. The smallest absolute Gasteiger partial charge is 0.228 e. The zero-order valence-corrected chi connectivity index (χ0v) is 22.1. The first-order chi connectivity index (χ1) is 17.6. The number of Topliss-reactive ketones (excluding diaryl/α,β-unsaturated/α-hetero) is 1. The van der Waals surface area contributed by atoms with E-state index in [1.165, 1.54) is 12.3 Å². The summed E-state index contributed by atoms with van der Waals surface area (Å²) in [6.45, 7) is 4.07. The van der Waals surface area contributed by atoms with Crippen LogP contribution in [0.5, 0.6) is 0 Å². The Balaban J connectivity index is 1.35. The van der Waals surface area contributed by atoms with Crippen LogP contribution in [-0.4, -0.2) is 37.2 Å². The number of pyridine rings is 1. The molecule has 2 atom stereocenters. The molecule has 0 spiro atoms. The minimum Gasteiger partial charge on any atom is -0.382 e. The fourth-order valence-corrected chi connectivity index (χ4v) is 5.85. The number of aromatic nitrogens is 3. The van der Waals surface area contributed by atoms with Gasteiger partial charge in [-0.1, -0.05) is 31.9 Å². The topological polar surface area (TPSA) is 97.1 Å². The molecule has 196 valence electrons. The van der Waals surface area contributed by atoms with E-state index in [9.17, 15) is 14.7 Å². The lowest BCUT2D eigenvalue weighted by atomic mass is 9.78. The first-order valence-electron chi connectivity index (χ1n) is 12.9. The molecule has 0 aliphatic heterocycles. The molecule has 2 aromatic heterocycles. The lowest BCUT2D eigenvalue weighted by Crippen LogP contribution is -2.31. The van der Waals surface area contributed by atoms with Gasteiger partial charge in [-0.15, -0.1) is 0 Å². The second-order valence-electron chi connectivity index (χ2n) is 10.9. The molecule has 0 bridgehead atoms. The normalized spacial score (nSPS) is 20.8. The Labute approximate surface area is 220 Å². The summed E-state index contributed by atoms with van der Waals surface area (Å²) in [5, 5.41) is 18.4. The SMILES string of the molecule is CC(C)c1c2cc(-c3cc(NC(=O)[C@H]4CCC[C@@H](CC(=O)C5(O)CC5)C4)ncc3Cl)cc(F)c2nn1C. The van der Waals surface area contributed by atoms with Crippen LogP contribution in [0.1, 0.15) is 70.4 Å². The van der Waals surface area contributed by atoms with E-state index in [-0.39, 0.29) is 29.4 Å². The zero-order valence-electron chi connectivity index (χ0n) is 21.4. The van der Waals surface area contributed by atoms with Crippen molar-refractivity contribution < 1.29 is 19.1 Å². The monoisotopic (exact) mass is 526 g/mol. The van der Waals surface area contributed by atoms with E-state index in [2.05, 4.69) is 15.4 Å². The summed E-state index contributed by atoms with van der Waals surface area (Å²) in [5.41, 5.74) is 1.27. The Morgan fingerprint density at radius 1 is 1.27 bits per heavy atom. The lowest BCUT2D eigenvalue weighted by molar-refractivity contribution is -0.131. The maximum atomic E-state index is 15.0. The molecule has 2 aliphatic rings. The van der Waals surface area contributed by atoms with Gasteiger partial charge in [0.1, 0.15) is 16.9 Å². The molecule has 0 saturated heterocycles. The number of ketones is 1. The predicted molar refractivity (Wildman–Crippen MR) is 141 cm³/mol. The number of hydrogen-bond donors (Lipinski definition) is 2. The van der Waals surface area contributed by atoms with Gasteiger partial charge in [-0.2, -0.15) is 5.10 Å². The van der Waals surface area contributed by atoms with Gasteiger partial charge in [0.25, 0.3) is 0 Å². The Morgan fingerprint density at radius 3 is 2.73 bits per heavy atom. The number of aliphatic hydroxyl groups is 1. The fraction of sp³-hybridized carbons (Fsp3) is 0.500. The largest absolute Gasteiger partial charge is 0.382 e. The van der Waals surface area contributed by atoms with E-state index in [1.807, 2.05) is 19.9 Å². The van der Waals surface area contributed by atoms with Crippen LogP contribution in [-0.2, 0) is 16.6 Å². The summed E-state index contributed by atoms with van der Waals surface area (Å²) in [6.07, 6.45) is 5.96. The third-order valence-corrected chi connectivity index (χ3v) is 8.07. The number of carbonyl (C=O) groups excluding carboxylic acids is 2. The quantitative estimate of drug-likeness (QED) is 0.406. The van der Waals surface area contributed by atoms with Crippen LogP contribution in [0.4, 0.5) is 10.2 Å². The van der Waals surface area contributed by atoms with Crippen molar-refractivity contribution in [3.63, 3.8) is 0 Å². The number of benzene rings is 1. The number of halogens is 2. The van der Waals surface area contributed by atoms with Gasteiger partial charge < -0.3 is 10.4 Å². The zero-order chi connectivity index (χ0) is 26.5. The number of aryl methyl sites for hydroxylation is 1. The fourth-order valence-electron chi connectivity index (χ4n) is 5.63. The highest BCUT2D eigenvalue weighted by Gasteiger charge is 2.48. The molecular formula is C28H32ClFN4O3. The van der Waals surface area contributed by atoms with E-state index in [4.69, 9.17) is 11.6 Å². The van der Waals surface area contributed by atoms with Crippen molar-refractivity contribution in [2.24, 2.45) is 18.9 Å². The highest BCUT2D eigenvalue weighted by atomic mass is 35.5.